The predicted octanol–water partition coefficient (Wildman–Crippen LogP) is -4.70. The Balaban J connectivity index is 3.30. The number of carboxylic acid groups (broad SMARTS) is 1. The fraction of sp³-hybridized carbons (Fsp3) is 0.600. The van der Waals surface area contributed by atoms with Gasteiger partial charge in [0.25, 0.3) is 0 Å². The van der Waals surface area contributed by atoms with E-state index >= 15 is 0 Å². The Morgan fingerprint density at radius 3 is 1.44 bits per heavy atom. The standard InChI is InChI=1S/C45H75N15O12/c1-7-23(3)34(36(46)65)59-40(69)30(20-27-14-10-9-11-15-27)57-43(72)35(24(4)8-2)60-41(70)31(21-33(63)64)56-37(66)25(5)53-42(71)32(22-61)58-39(68)29(17-13-19-52-45(49)50)55-38(67)28(54-26(6)62)16-12-18-51-44(47)48/h9-11,14-15,23-25,28-32,34-35,61H,7-8,12-13,16-22H2,1-6H3,(H2,46,65)(H,53,71)(H,54,62)(H,55,67)(H,56,66)(H,57,72)(H,58,68)(H,59,69)(H,60,70)(H,63,64)(H4,47,48,51)(H4,49,50,52)/t23-,24-,25-,28-,29-,30-,31-,32-,34-,35-/m0/s1. The summed E-state index contributed by atoms with van der Waals surface area (Å²) in [5.74, 6) is -10.9. The van der Waals surface area contributed by atoms with E-state index < -0.39 is 126 Å². The molecule has 0 aliphatic heterocycles. The molecular weight excluding hydrogens is 943 g/mol. The first-order valence-corrected chi connectivity index (χ1v) is 23.5. The Kier molecular flexibility index (Phi) is 28.0. The average molecular weight is 1020 g/mol. The summed E-state index contributed by atoms with van der Waals surface area (Å²) in [7, 11) is 0. The summed E-state index contributed by atoms with van der Waals surface area (Å²) in [6.45, 7) is 8.36. The van der Waals surface area contributed by atoms with Crippen LogP contribution in [-0.4, -0.2) is 149 Å². The summed E-state index contributed by atoms with van der Waals surface area (Å²) >= 11 is 0. The number of aliphatic hydroxyl groups excluding tert-OH is 1. The van der Waals surface area contributed by atoms with Crippen molar-refractivity contribution >= 4 is 71.1 Å². The smallest absolute Gasteiger partial charge is 0.305 e. The molecule has 0 saturated heterocycles. The van der Waals surface area contributed by atoms with Crippen molar-refractivity contribution in [3.8, 4) is 0 Å². The third-order valence-corrected chi connectivity index (χ3v) is 11.3. The van der Waals surface area contributed by atoms with Crippen LogP contribution < -0.4 is 71.2 Å². The Morgan fingerprint density at radius 2 is 0.972 bits per heavy atom. The molecule has 402 valence electrons. The van der Waals surface area contributed by atoms with Crippen LogP contribution in [0.5, 0.6) is 0 Å². The second kappa shape index (κ2) is 32.3. The molecule has 0 bridgehead atoms. The Bertz CT molecular complexity index is 2070. The van der Waals surface area contributed by atoms with Crippen molar-refractivity contribution in [2.75, 3.05) is 19.7 Å². The van der Waals surface area contributed by atoms with Gasteiger partial charge in [-0.2, -0.15) is 0 Å². The van der Waals surface area contributed by atoms with Crippen LogP contribution in [0.15, 0.2) is 40.3 Å². The molecule has 27 heteroatoms. The van der Waals surface area contributed by atoms with Gasteiger partial charge in [0, 0.05) is 26.4 Å². The number of hydrogen-bond donors (Lipinski definition) is 15. The highest BCUT2D eigenvalue weighted by atomic mass is 16.4. The van der Waals surface area contributed by atoms with E-state index in [1.165, 1.54) is 13.8 Å². The quantitative estimate of drug-likeness (QED) is 0.0179. The van der Waals surface area contributed by atoms with Crippen LogP contribution in [-0.2, 0) is 54.4 Å². The van der Waals surface area contributed by atoms with Gasteiger partial charge in [0.2, 0.25) is 53.2 Å². The van der Waals surface area contributed by atoms with E-state index in [-0.39, 0.29) is 63.0 Å². The predicted molar refractivity (Wildman–Crippen MR) is 264 cm³/mol. The molecule has 9 amide bonds. The van der Waals surface area contributed by atoms with Gasteiger partial charge >= 0.3 is 5.97 Å². The van der Waals surface area contributed by atoms with Crippen molar-refractivity contribution in [1.29, 1.82) is 0 Å². The van der Waals surface area contributed by atoms with Gasteiger partial charge in [-0.1, -0.05) is 70.9 Å². The van der Waals surface area contributed by atoms with Crippen LogP contribution in [0, 0.1) is 11.8 Å². The second-order valence-electron chi connectivity index (χ2n) is 17.2. The first kappa shape index (κ1) is 62.4. The number of primary amides is 1. The maximum absolute atomic E-state index is 14.0. The lowest BCUT2D eigenvalue weighted by Crippen LogP contribution is -2.61. The van der Waals surface area contributed by atoms with Crippen LogP contribution in [0.25, 0.3) is 0 Å². The second-order valence-corrected chi connectivity index (χ2v) is 17.2. The van der Waals surface area contributed by atoms with E-state index in [0.29, 0.717) is 18.4 Å². The zero-order chi connectivity index (χ0) is 54.7. The fourth-order valence-corrected chi connectivity index (χ4v) is 6.85. The number of carbonyl (C=O) groups is 10. The molecule has 0 fully saturated rings. The van der Waals surface area contributed by atoms with Crippen LogP contribution in [0.2, 0.25) is 0 Å². The highest BCUT2D eigenvalue weighted by molar-refractivity contribution is 5.99. The maximum Gasteiger partial charge on any atom is 0.305 e. The molecule has 20 N–H and O–H groups in total. The number of aliphatic hydroxyl groups is 1. The molecule has 10 atom stereocenters. The van der Waals surface area contributed by atoms with Crippen molar-refractivity contribution in [2.24, 2.45) is 50.5 Å². The number of amides is 9. The molecular formula is C45H75N15O12. The van der Waals surface area contributed by atoms with E-state index in [9.17, 15) is 58.2 Å². The third-order valence-electron chi connectivity index (χ3n) is 11.3. The SMILES string of the molecule is CC[C@H](C)[C@H](NC(=O)[C@H](Cc1ccccc1)NC(=O)[C@@H](NC(=O)[C@H](CC(=O)O)NC(=O)[C@H](C)NC(=O)[C@H](CO)NC(=O)[C@H](CCCN=C(N)N)NC(=O)[C@H](CCCN=C(N)N)NC(C)=O)[C@@H](C)CC)C(N)=O. The molecule has 1 aromatic rings. The topological polar surface area (TPSA) is 462 Å². The molecule has 72 heavy (non-hydrogen) atoms. The van der Waals surface area contributed by atoms with Crippen molar-refractivity contribution in [2.45, 2.75) is 141 Å². The zero-order valence-electron chi connectivity index (χ0n) is 41.7. The monoisotopic (exact) mass is 1020 g/mol. The lowest BCUT2D eigenvalue weighted by Gasteiger charge is -2.29. The number of hydrogen-bond acceptors (Lipinski definition) is 13. The Morgan fingerprint density at radius 1 is 0.542 bits per heavy atom. The number of guanidine groups is 2. The van der Waals surface area contributed by atoms with Gasteiger partial charge in [0.05, 0.1) is 13.0 Å². The lowest BCUT2D eigenvalue weighted by atomic mass is 9.95. The van der Waals surface area contributed by atoms with Crippen molar-refractivity contribution in [3.05, 3.63) is 35.9 Å². The van der Waals surface area contributed by atoms with Gasteiger partial charge in [0.1, 0.15) is 48.3 Å². The first-order valence-electron chi connectivity index (χ1n) is 23.5. The molecule has 27 nitrogen and oxygen atoms in total. The molecule has 1 aromatic carbocycles. The molecule has 0 aliphatic rings. The van der Waals surface area contributed by atoms with E-state index in [1.807, 2.05) is 6.92 Å². The number of nitrogens with one attached hydrogen (secondary N) is 8. The minimum atomic E-state index is -1.83. The van der Waals surface area contributed by atoms with Crippen LogP contribution >= 0.6 is 0 Å². The molecule has 0 saturated carbocycles. The summed E-state index contributed by atoms with van der Waals surface area (Å²) in [6.07, 6.45) is 0.134. The lowest BCUT2D eigenvalue weighted by molar-refractivity contribution is -0.141. The molecule has 0 unspecified atom stereocenters. The maximum atomic E-state index is 14.0. The molecule has 0 heterocycles. The van der Waals surface area contributed by atoms with Crippen LogP contribution in [0.4, 0.5) is 0 Å². The summed E-state index contributed by atoms with van der Waals surface area (Å²) in [5.41, 5.74) is 27.8. The van der Waals surface area contributed by atoms with Crippen LogP contribution in [0.3, 0.4) is 0 Å². The minimum Gasteiger partial charge on any atom is -0.481 e. The summed E-state index contributed by atoms with van der Waals surface area (Å²) in [6, 6.07) is -2.69. The van der Waals surface area contributed by atoms with Gasteiger partial charge in [-0.05, 0) is 50.0 Å². The highest BCUT2D eigenvalue weighted by Gasteiger charge is 2.36. The van der Waals surface area contributed by atoms with Gasteiger partial charge in [0.15, 0.2) is 11.9 Å². The zero-order valence-corrected chi connectivity index (χ0v) is 41.7. The highest BCUT2D eigenvalue weighted by Crippen LogP contribution is 2.13. The van der Waals surface area contributed by atoms with Crippen LogP contribution in [0.1, 0.15) is 92.1 Å². The molecule has 0 aliphatic carbocycles. The number of aliphatic imine (C=N–C) groups is 2. The Labute approximate surface area is 418 Å². The largest absolute Gasteiger partial charge is 0.481 e. The summed E-state index contributed by atoms with van der Waals surface area (Å²) < 4.78 is 0. The van der Waals surface area contributed by atoms with E-state index in [0.717, 1.165) is 0 Å². The average Bonchev–Trinajstić information content (AvgIpc) is 3.31. The molecule has 0 aromatic heterocycles. The molecule has 0 radical (unpaired) electrons. The molecule has 1 rings (SSSR count). The first-order chi connectivity index (χ1) is 33.8. The number of rotatable bonds is 33. The van der Waals surface area contributed by atoms with Gasteiger partial charge < -0.3 is 81.4 Å². The number of carbonyl (C=O) groups excluding carboxylic acids is 9. The van der Waals surface area contributed by atoms with Gasteiger partial charge in [-0.25, -0.2) is 0 Å². The fourth-order valence-electron chi connectivity index (χ4n) is 6.85. The Hall–Kier alpha value is -7.58. The third kappa shape index (κ3) is 23.4. The van der Waals surface area contributed by atoms with Crippen molar-refractivity contribution in [3.63, 3.8) is 0 Å². The van der Waals surface area contributed by atoms with Gasteiger partial charge in [-0.15, -0.1) is 0 Å². The van der Waals surface area contributed by atoms with E-state index in [4.69, 9.17) is 28.7 Å². The number of nitrogens with two attached hydrogens (primary N) is 5. The van der Waals surface area contributed by atoms with Gasteiger partial charge in [-0.3, -0.25) is 57.9 Å². The normalized spacial score (nSPS) is 15.0. The van der Waals surface area contributed by atoms with Crippen molar-refractivity contribution < 1.29 is 58.2 Å². The number of aliphatic carboxylic acids is 1. The summed E-state index contributed by atoms with van der Waals surface area (Å²) in [4.78, 5) is 139. The van der Waals surface area contributed by atoms with Crippen molar-refractivity contribution in [1.82, 2.24) is 42.5 Å². The molecule has 0 spiro atoms. The van der Waals surface area contributed by atoms with E-state index in [2.05, 4.69) is 52.5 Å². The summed E-state index contributed by atoms with van der Waals surface area (Å²) in [5, 5.41) is 39.5. The minimum absolute atomic E-state index is 0.0322. The number of benzene rings is 1. The van der Waals surface area contributed by atoms with E-state index in [1.54, 1.807) is 51.1 Å². The number of carboxylic acids is 1. The number of nitrogens with zero attached hydrogens (tertiary/aromatic N) is 2.